The van der Waals surface area contributed by atoms with E-state index in [0.717, 1.165) is 12.1 Å². The number of carbonyl (C=O) groups is 2. The van der Waals surface area contributed by atoms with Gasteiger partial charge in [0.25, 0.3) is 0 Å². The zero-order valence-corrected chi connectivity index (χ0v) is 11.9. The second-order valence-electron chi connectivity index (χ2n) is 5.21. The Morgan fingerprint density at radius 3 is 2.68 bits per heavy atom. The molecule has 1 aliphatic heterocycles. The highest BCUT2D eigenvalue weighted by molar-refractivity contribution is 5.79. The average molecular weight is 313 g/mol. The Kier molecular flexibility index (Phi) is 5.43. The van der Waals surface area contributed by atoms with E-state index in [2.05, 4.69) is 0 Å². The summed E-state index contributed by atoms with van der Waals surface area (Å²) in [5.41, 5.74) is 0.413. The van der Waals surface area contributed by atoms with Crippen LogP contribution in [0.1, 0.15) is 18.4 Å². The van der Waals surface area contributed by atoms with E-state index in [1.807, 2.05) is 0 Å². The topological polar surface area (TPSA) is 66.8 Å². The van der Waals surface area contributed by atoms with Crippen molar-refractivity contribution in [3.8, 4) is 0 Å². The van der Waals surface area contributed by atoms with Gasteiger partial charge in [0.05, 0.1) is 18.9 Å². The number of nitrogens with zero attached hydrogens (tertiary/aromatic N) is 1. The Hall–Kier alpha value is -2.02. The highest BCUT2D eigenvalue weighted by Gasteiger charge is 2.28. The lowest BCUT2D eigenvalue weighted by atomic mass is 10.1. The molecule has 7 heteroatoms. The van der Waals surface area contributed by atoms with Gasteiger partial charge in [-0.3, -0.25) is 9.59 Å². The molecule has 1 atom stereocenters. The minimum absolute atomic E-state index is 0.0175. The molecular formula is C15H17F2NO4. The second kappa shape index (κ2) is 7.31. The van der Waals surface area contributed by atoms with Gasteiger partial charge in [0.1, 0.15) is 0 Å². The molecule has 5 nitrogen and oxygen atoms in total. The lowest BCUT2D eigenvalue weighted by molar-refractivity contribution is -0.140. The van der Waals surface area contributed by atoms with Gasteiger partial charge < -0.3 is 14.7 Å². The van der Waals surface area contributed by atoms with Crippen molar-refractivity contribution >= 4 is 11.9 Å². The number of benzene rings is 1. The Morgan fingerprint density at radius 2 is 2.09 bits per heavy atom. The molecule has 0 aromatic heterocycles. The summed E-state index contributed by atoms with van der Waals surface area (Å²) in [7, 11) is 0. The molecule has 1 N–H and O–H groups in total. The largest absolute Gasteiger partial charge is 0.481 e. The molecule has 0 unspecified atom stereocenters. The number of ether oxygens (including phenoxy) is 1. The molecule has 1 heterocycles. The maximum atomic E-state index is 13.3. The maximum Gasteiger partial charge on any atom is 0.305 e. The van der Waals surface area contributed by atoms with Crippen molar-refractivity contribution in [1.82, 2.24) is 4.90 Å². The van der Waals surface area contributed by atoms with Crippen molar-refractivity contribution in [1.29, 1.82) is 0 Å². The minimum atomic E-state index is -1.02. The summed E-state index contributed by atoms with van der Waals surface area (Å²) in [6, 6.07) is 3.38. The first-order chi connectivity index (χ1) is 10.5. The molecule has 1 aromatic rings. The van der Waals surface area contributed by atoms with Crippen LogP contribution in [0.15, 0.2) is 18.2 Å². The van der Waals surface area contributed by atoms with Crippen LogP contribution in [0.2, 0.25) is 0 Å². The van der Waals surface area contributed by atoms with Crippen molar-refractivity contribution in [3.05, 3.63) is 35.4 Å². The maximum absolute atomic E-state index is 13.3. The minimum Gasteiger partial charge on any atom is -0.481 e. The number of amides is 1. The first kappa shape index (κ1) is 16.4. The van der Waals surface area contributed by atoms with Crippen LogP contribution in [0.3, 0.4) is 0 Å². The van der Waals surface area contributed by atoms with Crippen molar-refractivity contribution in [3.63, 3.8) is 0 Å². The molecule has 1 aliphatic rings. The zero-order chi connectivity index (χ0) is 16.1. The lowest BCUT2D eigenvalue weighted by Gasteiger charge is -2.24. The highest BCUT2D eigenvalue weighted by Crippen LogP contribution is 2.18. The smallest absolute Gasteiger partial charge is 0.305 e. The lowest BCUT2D eigenvalue weighted by Crippen LogP contribution is -2.37. The van der Waals surface area contributed by atoms with E-state index in [1.165, 1.54) is 11.0 Å². The van der Waals surface area contributed by atoms with Gasteiger partial charge >= 0.3 is 5.97 Å². The second-order valence-corrected chi connectivity index (χ2v) is 5.21. The van der Waals surface area contributed by atoms with Gasteiger partial charge in [-0.05, 0) is 24.1 Å². The fraction of sp³-hybridized carbons (Fsp3) is 0.467. The SMILES string of the molecule is O=C(O)CCN(Cc1ccc(F)c(F)c1)C(=O)[C@@H]1CCOC1. The van der Waals surface area contributed by atoms with Crippen LogP contribution in [0.5, 0.6) is 0 Å². The third-order valence-corrected chi connectivity index (χ3v) is 3.54. The summed E-state index contributed by atoms with van der Waals surface area (Å²) >= 11 is 0. The van der Waals surface area contributed by atoms with Crippen molar-refractivity contribution in [2.24, 2.45) is 5.92 Å². The van der Waals surface area contributed by atoms with E-state index in [0.29, 0.717) is 25.2 Å². The van der Waals surface area contributed by atoms with Gasteiger partial charge in [-0.2, -0.15) is 0 Å². The Bertz CT molecular complexity index is 558. The number of aliphatic carboxylic acids is 1. The van der Waals surface area contributed by atoms with Gasteiger partial charge in [0.15, 0.2) is 11.6 Å². The number of halogens is 2. The molecule has 120 valence electrons. The van der Waals surface area contributed by atoms with Crippen molar-refractivity contribution < 1.29 is 28.2 Å². The normalized spacial score (nSPS) is 17.5. The molecular weight excluding hydrogens is 296 g/mol. The fourth-order valence-electron chi connectivity index (χ4n) is 2.34. The Balaban J connectivity index is 2.10. The highest BCUT2D eigenvalue weighted by atomic mass is 19.2. The molecule has 1 amide bonds. The van der Waals surface area contributed by atoms with Crippen LogP contribution in [0, 0.1) is 17.6 Å². The predicted octanol–water partition coefficient (Wildman–Crippen LogP) is 1.80. The van der Waals surface area contributed by atoms with E-state index < -0.39 is 17.6 Å². The Morgan fingerprint density at radius 1 is 1.32 bits per heavy atom. The molecule has 0 saturated carbocycles. The third-order valence-electron chi connectivity index (χ3n) is 3.54. The van der Waals surface area contributed by atoms with E-state index in [4.69, 9.17) is 9.84 Å². The van der Waals surface area contributed by atoms with Crippen LogP contribution in [-0.2, 0) is 20.9 Å². The number of rotatable bonds is 6. The van der Waals surface area contributed by atoms with Crippen LogP contribution in [-0.4, -0.2) is 41.6 Å². The summed E-state index contributed by atoms with van der Waals surface area (Å²) in [6.45, 7) is 0.859. The van der Waals surface area contributed by atoms with Gasteiger partial charge in [-0.1, -0.05) is 6.07 Å². The summed E-state index contributed by atoms with van der Waals surface area (Å²) in [6.07, 6.45) is 0.378. The van der Waals surface area contributed by atoms with E-state index in [9.17, 15) is 18.4 Å². The monoisotopic (exact) mass is 313 g/mol. The molecule has 0 spiro atoms. The third kappa shape index (κ3) is 4.24. The predicted molar refractivity (Wildman–Crippen MR) is 73.0 cm³/mol. The van der Waals surface area contributed by atoms with E-state index in [-0.39, 0.29) is 31.3 Å². The van der Waals surface area contributed by atoms with Crippen molar-refractivity contribution in [2.45, 2.75) is 19.4 Å². The first-order valence-corrected chi connectivity index (χ1v) is 6.99. The van der Waals surface area contributed by atoms with Crippen molar-refractivity contribution in [2.75, 3.05) is 19.8 Å². The number of hydrogen-bond acceptors (Lipinski definition) is 3. The van der Waals surface area contributed by atoms with Crippen LogP contribution >= 0.6 is 0 Å². The molecule has 0 bridgehead atoms. The summed E-state index contributed by atoms with van der Waals surface area (Å²) in [5.74, 6) is -3.50. The first-order valence-electron chi connectivity index (χ1n) is 6.99. The van der Waals surface area contributed by atoms with Gasteiger partial charge in [-0.25, -0.2) is 8.78 Å². The molecule has 1 fully saturated rings. The number of carboxylic acids is 1. The molecule has 22 heavy (non-hydrogen) atoms. The van der Waals surface area contributed by atoms with E-state index >= 15 is 0 Å². The zero-order valence-electron chi connectivity index (χ0n) is 11.9. The van der Waals surface area contributed by atoms with Crippen LogP contribution in [0.4, 0.5) is 8.78 Å². The molecule has 1 aromatic carbocycles. The van der Waals surface area contributed by atoms with Crippen LogP contribution in [0.25, 0.3) is 0 Å². The number of hydrogen-bond donors (Lipinski definition) is 1. The van der Waals surface area contributed by atoms with Gasteiger partial charge in [-0.15, -0.1) is 0 Å². The number of carboxylic acid groups (broad SMARTS) is 1. The quantitative estimate of drug-likeness (QED) is 0.870. The molecule has 1 saturated heterocycles. The van der Waals surface area contributed by atoms with Gasteiger partial charge in [0.2, 0.25) is 5.91 Å². The molecule has 2 rings (SSSR count). The molecule has 0 radical (unpaired) electrons. The molecule has 0 aliphatic carbocycles. The average Bonchev–Trinajstić information content (AvgIpc) is 3.00. The standard InChI is InChI=1S/C15H17F2NO4/c16-12-2-1-10(7-13(12)17)8-18(5-3-14(19)20)15(21)11-4-6-22-9-11/h1-2,7,11H,3-6,8-9H2,(H,19,20)/t11-/m1/s1. The van der Waals surface area contributed by atoms with Gasteiger partial charge in [0, 0.05) is 19.7 Å². The summed E-state index contributed by atoms with van der Waals surface area (Å²) in [4.78, 5) is 24.5. The van der Waals surface area contributed by atoms with Crippen LogP contribution < -0.4 is 0 Å². The summed E-state index contributed by atoms with van der Waals surface area (Å²) in [5, 5.41) is 8.78. The number of carbonyl (C=O) groups excluding carboxylic acids is 1. The Labute approximate surface area is 126 Å². The summed E-state index contributed by atoms with van der Waals surface area (Å²) < 4.78 is 31.4. The van der Waals surface area contributed by atoms with E-state index in [1.54, 1.807) is 0 Å². The fourth-order valence-corrected chi connectivity index (χ4v) is 2.34.